The van der Waals surface area contributed by atoms with Gasteiger partial charge in [0.1, 0.15) is 5.00 Å². The van der Waals surface area contributed by atoms with Gasteiger partial charge >= 0.3 is 0 Å². The Kier molecular flexibility index (Phi) is 6.30. The fourth-order valence-corrected chi connectivity index (χ4v) is 5.26. The molecule has 0 spiro atoms. The molecule has 1 aliphatic rings. The van der Waals surface area contributed by atoms with E-state index >= 15 is 0 Å². The Balaban J connectivity index is 1.93. The number of nitrogens with one attached hydrogen (secondary N) is 2. The lowest BCUT2D eigenvalue weighted by Crippen LogP contribution is -2.28. The summed E-state index contributed by atoms with van der Waals surface area (Å²) in [6.45, 7) is 9.30. The Labute approximate surface area is 179 Å². The van der Waals surface area contributed by atoms with Gasteiger partial charge in [0, 0.05) is 21.5 Å². The van der Waals surface area contributed by atoms with E-state index in [1.165, 1.54) is 4.88 Å². The summed E-state index contributed by atoms with van der Waals surface area (Å²) in [4.78, 5) is 26.8. The van der Waals surface area contributed by atoms with Gasteiger partial charge in [-0.1, -0.05) is 36.7 Å². The molecule has 4 nitrogen and oxygen atoms in total. The summed E-state index contributed by atoms with van der Waals surface area (Å²) in [6, 6.07) is 7.22. The van der Waals surface area contributed by atoms with Crippen molar-refractivity contribution in [3.63, 3.8) is 0 Å². The van der Waals surface area contributed by atoms with Crippen molar-refractivity contribution in [2.45, 2.75) is 47.0 Å². The number of fused-ring (bicyclic) bond motifs is 1. The first-order valence-corrected chi connectivity index (χ1v) is 11.3. The van der Waals surface area contributed by atoms with Crippen LogP contribution >= 0.6 is 27.3 Å². The molecule has 28 heavy (non-hydrogen) atoms. The van der Waals surface area contributed by atoms with E-state index in [0.717, 1.165) is 29.3 Å². The number of rotatable bonds is 4. The van der Waals surface area contributed by atoms with Crippen molar-refractivity contribution in [1.29, 1.82) is 0 Å². The third-order valence-corrected chi connectivity index (χ3v) is 7.09. The Hall–Kier alpha value is -1.66. The van der Waals surface area contributed by atoms with Gasteiger partial charge in [-0.25, -0.2) is 0 Å². The highest BCUT2D eigenvalue weighted by atomic mass is 79.9. The molecule has 2 N–H and O–H groups in total. The van der Waals surface area contributed by atoms with Crippen molar-refractivity contribution in [2.24, 2.45) is 11.3 Å². The molecular formula is C22H27BrN2O2S. The monoisotopic (exact) mass is 462 g/mol. The van der Waals surface area contributed by atoms with E-state index in [2.05, 4.69) is 47.3 Å². The summed E-state index contributed by atoms with van der Waals surface area (Å²) >= 11 is 4.95. The Bertz CT molecular complexity index is 881. The summed E-state index contributed by atoms with van der Waals surface area (Å²) in [5.74, 6) is 0.292. The van der Waals surface area contributed by atoms with E-state index in [-0.39, 0.29) is 17.2 Å². The second-order valence-electron chi connectivity index (χ2n) is 8.33. The van der Waals surface area contributed by atoms with Crippen LogP contribution in [0, 0.1) is 11.3 Å². The van der Waals surface area contributed by atoms with Crippen molar-refractivity contribution >= 4 is 44.1 Å². The maximum atomic E-state index is 12.8. The maximum absolute atomic E-state index is 12.8. The summed E-state index contributed by atoms with van der Waals surface area (Å²) in [6.07, 6.45) is 2.91. The summed E-state index contributed by atoms with van der Waals surface area (Å²) < 4.78 is 0.923. The van der Waals surface area contributed by atoms with Crippen LogP contribution in [0.2, 0.25) is 0 Å². The quantitative estimate of drug-likeness (QED) is 0.615. The molecule has 0 aliphatic heterocycles. The van der Waals surface area contributed by atoms with Crippen molar-refractivity contribution in [3.05, 3.63) is 50.3 Å². The maximum Gasteiger partial charge on any atom is 0.256 e. The van der Waals surface area contributed by atoms with Crippen LogP contribution < -0.4 is 10.6 Å². The van der Waals surface area contributed by atoms with Gasteiger partial charge in [-0.05, 0) is 67.3 Å². The van der Waals surface area contributed by atoms with Gasteiger partial charge in [-0.3, -0.25) is 9.59 Å². The number of carbonyl (C=O) groups is 2. The molecule has 2 aromatic rings. The van der Waals surface area contributed by atoms with Crippen LogP contribution in [-0.2, 0) is 12.8 Å². The Morgan fingerprint density at radius 2 is 1.86 bits per heavy atom. The normalized spacial score (nSPS) is 16.4. The van der Waals surface area contributed by atoms with Gasteiger partial charge in [0.15, 0.2) is 0 Å². The van der Waals surface area contributed by atoms with Crippen LogP contribution in [0.25, 0.3) is 0 Å². The van der Waals surface area contributed by atoms with Gasteiger partial charge in [0.05, 0.1) is 5.56 Å². The molecular weight excluding hydrogens is 436 g/mol. The van der Waals surface area contributed by atoms with E-state index in [4.69, 9.17) is 0 Å². The van der Waals surface area contributed by atoms with Gasteiger partial charge < -0.3 is 10.6 Å². The molecule has 3 rings (SSSR count). The standard InChI is InChI=1S/C22H27BrN2O2S/c1-5-24-20(27)18-16-11-8-14(22(2,3)4)12-17(16)28-21(18)25-19(26)13-6-9-15(23)10-7-13/h6-7,9-10,14H,5,8,11-12H2,1-4H3,(H,24,27)(H,25,26). The van der Waals surface area contributed by atoms with Crippen molar-refractivity contribution in [2.75, 3.05) is 11.9 Å². The average Bonchev–Trinajstić information content (AvgIpc) is 2.98. The molecule has 150 valence electrons. The molecule has 1 aromatic carbocycles. The van der Waals surface area contributed by atoms with E-state index < -0.39 is 0 Å². The van der Waals surface area contributed by atoms with Crippen LogP contribution in [0.4, 0.5) is 5.00 Å². The topological polar surface area (TPSA) is 58.2 Å². The molecule has 0 saturated heterocycles. The minimum atomic E-state index is -0.191. The molecule has 1 heterocycles. The number of carbonyl (C=O) groups excluding carboxylic acids is 2. The van der Waals surface area contributed by atoms with Crippen molar-refractivity contribution in [3.8, 4) is 0 Å². The van der Waals surface area contributed by atoms with Crippen LogP contribution in [0.15, 0.2) is 28.7 Å². The van der Waals surface area contributed by atoms with Crippen LogP contribution in [0.1, 0.15) is 65.3 Å². The third kappa shape index (κ3) is 4.49. The fraction of sp³-hybridized carbons (Fsp3) is 0.455. The van der Waals surface area contributed by atoms with Gasteiger partial charge in [-0.2, -0.15) is 0 Å². The van der Waals surface area contributed by atoms with E-state index in [0.29, 0.717) is 28.6 Å². The molecule has 1 atom stereocenters. The van der Waals surface area contributed by atoms with E-state index in [1.807, 2.05) is 19.1 Å². The van der Waals surface area contributed by atoms with Crippen molar-refractivity contribution < 1.29 is 9.59 Å². The smallest absolute Gasteiger partial charge is 0.256 e. The highest BCUT2D eigenvalue weighted by Crippen LogP contribution is 2.44. The number of hydrogen-bond acceptors (Lipinski definition) is 3. The highest BCUT2D eigenvalue weighted by Gasteiger charge is 2.34. The lowest BCUT2D eigenvalue weighted by atomic mass is 9.72. The Morgan fingerprint density at radius 3 is 2.46 bits per heavy atom. The first-order valence-electron chi connectivity index (χ1n) is 9.70. The lowest BCUT2D eigenvalue weighted by Gasteiger charge is -2.33. The highest BCUT2D eigenvalue weighted by molar-refractivity contribution is 9.10. The van der Waals surface area contributed by atoms with E-state index in [9.17, 15) is 9.59 Å². The molecule has 2 amide bonds. The summed E-state index contributed by atoms with van der Waals surface area (Å²) in [7, 11) is 0. The molecule has 0 radical (unpaired) electrons. The zero-order valence-electron chi connectivity index (χ0n) is 16.8. The zero-order chi connectivity index (χ0) is 20.5. The number of thiophene rings is 1. The predicted molar refractivity (Wildman–Crippen MR) is 119 cm³/mol. The molecule has 1 aromatic heterocycles. The lowest BCUT2D eigenvalue weighted by molar-refractivity contribution is 0.0955. The molecule has 1 aliphatic carbocycles. The molecule has 0 saturated carbocycles. The van der Waals surface area contributed by atoms with Gasteiger partial charge in [0.2, 0.25) is 0 Å². The number of hydrogen-bond donors (Lipinski definition) is 2. The molecule has 0 bridgehead atoms. The summed E-state index contributed by atoms with van der Waals surface area (Å²) in [5, 5.41) is 6.58. The fourth-order valence-electron chi connectivity index (χ4n) is 3.68. The Morgan fingerprint density at radius 1 is 1.18 bits per heavy atom. The number of benzene rings is 1. The predicted octanol–water partition coefficient (Wildman–Crippen LogP) is 5.66. The first-order chi connectivity index (χ1) is 13.2. The van der Waals surface area contributed by atoms with Gasteiger partial charge in [-0.15, -0.1) is 11.3 Å². The molecule has 0 fully saturated rings. The van der Waals surface area contributed by atoms with Crippen LogP contribution in [0.5, 0.6) is 0 Å². The van der Waals surface area contributed by atoms with Crippen LogP contribution in [-0.4, -0.2) is 18.4 Å². The molecule has 1 unspecified atom stereocenters. The second kappa shape index (κ2) is 8.37. The van der Waals surface area contributed by atoms with Gasteiger partial charge in [0.25, 0.3) is 11.8 Å². The molecule has 6 heteroatoms. The minimum Gasteiger partial charge on any atom is -0.352 e. The second-order valence-corrected chi connectivity index (χ2v) is 10.4. The SMILES string of the molecule is CCNC(=O)c1c(NC(=O)c2ccc(Br)cc2)sc2c1CCC(C(C)(C)C)C2. The first kappa shape index (κ1) is 21.1. The van der Waals surface area contributed by atoms with E-state index in [1.54, 1.807) is 23.5 Å². The summed E-state index contributed by atoms with van der Waals surface area (Å²) in [5.41, 5.74) is 2.57. The largest absolute Gasteiger partial charge is 0.352 e. The van der Waals surface area contributed by atoms with Crippen molar-refractivity contribution in [1.82, 2.24) is 5.32 Å². The zero-order valence-corrected chi connectivity index (χ0v) is 19.2. The number of halogens is 1. The number of amides is 2. The third-order valence-electron chi connectivity index (χ3n) is 5.39. The average molecular weight is 463 g/mol. The minimum absolute atomic E-state index is 0.0969. The number of anilines is 1. The van der Waals surface area contributed by atoms with Crippen LogP contribution in [0.3, 0.4) is 0 Å².